The molecule has 1 aromatic carbocycles. The first-order valence-electron chi connectivity index (χ1n) is 8.61. The summed E-state index contributed by atoms with van der Waals surface area (Å²) in [6.45, 7) is 0.603. The Bertz CT molecular complexity index is 680. The number of hydrogen-bond donors (Lipinski definition) is 1. The number of rotatable bonds is 5. The van der Waals surface area contributed by atoms with Crippen LogP contribution in [-0.2, 0) is 9.59 Å². The molecule has 25 heavy (non-hydrogen) atoms. The molecule has 2 aliphatic rings. The standard InChI is InChI=1S/C19H22FNO4/c20-15-7-3-4-8-16(15)25-19(18(23)24)9-11-21(12-10-19)17(22)13-14-5-1-2-6-14/h1,3-5,7-8,14H,2,6,9-13H2,(H,23,24). The maximum atomic E-state index is 13.8. The first kappa shape index (κ1) is 17.5. The molecule has 0 radical (unpaired) electrons. The molecule has 6 heteroatoms. The van der Waals surface area contributed by atoms with Gasteiger partial charge in [-0.05, 0) is 30.9 Å². The number of likely N-dealkylation sites (tertiary alicyclic amines) is 1. The van der Waals surface area contributed by atoms with Gasteiger partial charge in [0, 0.05) is 32.4 Å². The molecule has 3 rings (SSSR count). The highest BCUT2D eigenvalue weighted by atomic mass is 19.1. The van der Waals surface area contributed by atoms with Crippen molar-refractivity contribution in [1.29, 1.82) is 0 Å². The molecule has 134 valence electrons. The van der Waals surface area contributed by atoms with Crippen molar-refractivity contribution < 1.29 is 23.8 Å². The number of ether oxygens (including phenoxy) is 1. The van der Waals surface area contributed by atoms with Crippen molar-refractivity contribution in [3.8, 4) is 5.75 Å². The third kappa shape index (κ3) is 3.83. The summed E-state index contributed by atoms with van der Waals surface area (Å²) >= 11 is 0. The van der Waals surface area contributed by atoms with Crippen molar-refractivity contribution in [1.82, 2.24) is 4.90 Å². The normalized spacial score (nSPS) is 22.0. The van der Waals surface area contributed by atoms with Crippen molar-refractivity contribution in [2.24, 2.45) is 5.92 Å². The summed E-state index contributed by atoms with van der Waals surface area (Å²) in [5, 5.41) is 9.64. The molecule has 1 saturated heterocycles. The second-order valence-corrected chi connectivity index (χ2v) is 6.68. The Labute approximate surface area is 146 Å². The van der Waals surface area contributed by atoms with Crippen LogP contribution in [0.5, 0.6) is 5.75 Å². The second kappa shape index (κ2) is 7.25. The number of carboxylic acid groups (broad SMARTS) is 1. The molecule has 0 spiro atoms. The second-order valence-electron chi connectivity index (χ2n) is 6.68. The summed E-state index contributed by atoms with van der Waals surface area (Å²) in [5.74, 6) is -1.45. The summed E-state index contributed by atoms with van der Waals surface area (Å²) in [7, 11) is 0. The van der Waals surface area contributed by atoms with E-state index >= 15 is 0 Å². The number of carbonyl (C=O) groups excluding carboxylic acids is 1. The van der Waals surface area contributed by atoms with Crippen molar-refractivity contribution in [3.05, 3.63) is 42.2 Å². The predicted molar refractivity (Wildman–Crippen MR) is 89.7 cm³/mol. The number of piperidine rings is 1. The molecular weight excluding hydrogens is 325 g/mol. The number of amides is 1. The Morgan fingerprint density at radius 1 is 1.28 bits per heavy atom. The minimum Gasteiger partial charge on any atom is -0.478 e. The molecule has 0 aromatic heterocycles. The molecule has 0 saturated carbocycles. The molecule has 1 fully saturated rings. The summed E-state index contributed by atoms with van der Waals surface area (Å²) in [6.07, 6.45) is 6.92. The molecule has 0 bridgehead atoms. The average Bonchev–Trinajstić information content (AvgIpc) is 3.10. The fourth-order valence-electron chi connectivity index (χ4n) is 3.43. The Morgan fingerprint density at radius 3 is 2.60 bits per heavy atom. The Balaban J connectivity index is 1.64. The van der Waals surface area contributed by atoms with Gasteiger partial charge in [0.15, 0.2) is 11.6 Å². The van der Waals surface area contributed by atoms with Crippen LogP contribution in [0.15, 0.2) is 36.4 Å². The van der Waals surface area contributed by atoms with Crippen LogP contribution >= 0.6 is 0 Å². The highest BCUT2D eigenvalue weighted by Crippen LogP contribution is 2.31. The van der Waals surface area contributed by atoms with Crippen molar-refractivity contribution in [3.63, 3.8) is 0 Å². The van der Waals surface area contributed by atoms with Gasteiger partial charge in [-0.3, -0.25) is 4.79 Å². The maximum Gasteiger partial charge on any atom is 0.348 e. The van der Waals surface area contributed by atoms with Gasteiger partial charge in [-0.1, -0.05) is 24.3 Å². The SMILES string of the molecule is O=C(CC1C=CCC1)N1CCC(Oc2ccccc2F)(C(=O)O)CC1. The van der Waals surface area contributed by atoms with E-state index in [1.54, 1.807) is 11.0 Å². The van der Waals surface area contributed by atoms with Gasteiger partial charge < -0.3 is 14.7 Å². The van der Waals surface area contributed by atoms with Gasteiger partial charge in [0.1, 0.15) is 0 Å². The summed E-state index contributed by atoms with van der Waals surface area (Å²) in [6, 6.07) is 5.78. The number of hydrogen-bond acceptors (Lipinski definition) is 3. The minimum absolute atomic E-state index is 0.0430. The molecular formula is C19H22FNO4. The first-order chi connectivity index (χ1) is 12.0. The zero-order chi connectivity index (χ0) is 17.9. The Morgan fingerprint density at radius 2 is 2.00 bits per heavy atom. The van der Waals surface area contributed by atoms with E-state index in [4.69, 9.17) is 4.74 Å². The molecule has 1 heterocycles. The van der Waals surface area contributed by atoms with E-state index in [1.807, 2.05) is 0 Å². The van der Waals surface area contributed by atoms with Crippen molar-refractivity contribution >= 4 is 11.9 Å². The molecule has 1 atom stereocenters. The molecule has 1 amide bonds. The van der Waals surface area contributed by atoms with Crippen LogP contribution in [0.3, 0.4) is 0 Å². The van der Waals surface area contributed by atoms with Gasteiger partial charge in [-0.25, -0.2) is 9.18 Å². The van der Waals surface area contributed by atoms with E-state index in [0.29, 0.717) is 19.5 Å². The summed E-state index contributed by atoms with van der Waals surface area (Å²) < 4.78 is 19.4. The van der Waals surface area contributed by atoms with Gasteiger partial charge in [0.05, 0.1) is 0 Å². The van der Waals surface area contributed by atoms with E-state index in [1.165, 1.54) is 18.2 Å². The summed E-state index contributed by atoms with van der Waals surface area (Å²) in [4.78, 5) is 25.9. The Hall–Kier alpha value is -2.37. The first-order valence-corrected chi connectivity index (χ1v) is 8.61. The average molecular weight is 347 g/mol. The zero-order valence-corrected chi connectivity index (χ0v) is 14.0. The number of para-hydroxylation sites is 1. The number of carboxylic acids is 1. The van der Waals surface area contributed by atoms with E-state index in [9.17, 15) is 19.1 Å². The van der Waals surface area contributed by atoms with Crippen LogP contribution in [0, 0.1) is 11.7 Å². The number of aliphatic carboxylic acids is 1. The largest absolute Gasteiger partial charge is 0.478 e. The molecule has 1 N–H and O–H groups in total. The number of benzene rings is 1. The van der Waals surface area contributed by atoms with Crippen LogP contribution in [0.2, 0.25) is 0 Å². The van der Waals surface area contributed by atoms with E-state index < -0.39 is 17.4 Å². The minimum atomic E-state index is -1.49. The van der Waals surface area contributed by atoms with Gasteiger partial charge in [0.25, 0.3) is 0 Å². The van der Waals surface area contributed by atoms with Crippen LogP contribution in [0.4, 0.5) is 4.39 Å². The highest BCUT2D eigenvalue weighted by molar-refractivity contribution is 5.80. The maximum absolute atomic E-state index is 13.8. The number of nitrogens with zero attached hydrogens (tertiary/aromatic N) is 1. The van der Waals surface area contributed by atoms with Crippen molar-refractivity contribution in [2.45, 2.75) is 37.7 Å². The third-order valence-corrected chi connectivity index (χ3v) is 5.00. The lowest BCUT2D eigenvalue weighted by atomic mass is 9.90. The number of carbonyl (C=O) groups is 2. The van der Waals surface area contributed by atoms with E-state index in [-0.39, 0.29) is 30.4 Å². The van der Waals surface area contributed by atoms with Gasteiger partial charge in [0.2, 0.25) is 11.5 Å². The number of allylic oxidation sites excluding steroid dienone is 2. The van der Waals surface area contributed by atoms with Crippen LogP contribution in [0.25, 0.3) is 0 Å². The molecule has 5 nitrogen and oxygen atoms in total. The van der Waals surface area contributed by atoms with Crippen LogP contribution in [0.1, 0.15) is 32.1 Å². The lowest BCUT2D eigenvalue weighted by Gasteiger charge is -2.39. The molecule has 1 unspecified atom stereocenters. The van der Waals surface area contributed by atoms with Crippen LogP contribution < -0.4 is 4.74 Å². The lowest BCUT2D eigenvalue weighted by molar-refractivity contribution is -0.162. The van der Waals surface area contributed by atoms with E-state index in [2.05, 4.69) is 12.2 Å². The highest BCUT2D eigenvalue weighted by Gasteiger charge is 2.45. The quantitative estimate of drug-likeness (QED) is 0.832. The topological polar surface area (TPSA) is 66.8 Å². The van der Waals surface area contributed by atoms with Crippen molar-refractivity contribution in [2.75, 3.05) is 13.1 Å². The Kier molecular flexibility index (Phi) is 5.06. The lowest BCUT2D eigenvalue weighted by Crippen LogP contribution is -2.54. The zero-order valence-electron chi connectivity index (χ0n) is 14.0. The van der Waals surface area contributed by atoms with Gasteiger partial charge in [-0.15, -0.1) is 0 Å². The fourth-order valence-corrected chi connectivity index (χ4v) is 3.43. The van der Waals surface area contributed by atoms with Crippen LogP contribution in [-0.4, -0.2) is 40.6 Å². The monoisotopic (exact) mass is 347 g/mol. The molecule has 1 aliphatic carbocycles. The summed E-state index contributed by atoms with van der Waals surface area (Å²) in [5.41, 5.74) is -1.49. The molecule has 1 aromatic rings. The fraction of sp³-hybridized carbons (Fsp3) is 0.474. The van der Waals surface area contributed by atoms with Gasteiger partial charge >= 0.3 is 5.97 Å². The smallest absolute Gasteiger partial charge is 0.348 e. The van der Waals surface area contributed by atoms with E-state index in [0.717, 1.165) is 12.8 Å². The number of halogens is 1. The molecule has 1 aliphatic heterocycles. The third-order valence-electron chi connectivity index (χ3n) is 5.00. The predicted octanol–water partition coefficient (Wildman–Crippen LogP) is 3.01. The van der Waals surface area contributed by atoms with Gasteiger partial charge in [-0.2, -0.15) is 0 Å².